The third-order valence-electron chi connectivity index (χ3n) is 3.66. The highest BCUT2D eigenvalue weighted by molar-refractivity contribution is 7.07. The fraction of sp³-hybridized carbons (Fsp3) is 0.312. The summed E-state index contributed by atoms with van der Waals surface area (Å²) < 4.78 is 0. The average molecular weight is 349 g/mol. The SMILES string of the molecule is Cc1ccc([C@H](C)NC(=O)NC[C@@H](O)c2ccsc2)cc1[N+](=O)[O-]. The van der Waals surface area contributed by atoms with E-state index in [0.29, 0.717) is 11.1 Å². The van der Waals surface area contributed by atoms with Crippen LogP contribution in [0, 0.1) is 17.0 Å². The number of nitro groups is 1. The molecule has 1 aromatic heterocycles. The lowest BCUT2D eigenvalue weighted by molar-refractivity contribution is -0.385. The van der Waals surface area contributed by atoms with Crippen LogP contribution in [-0.4, -0.2) is 22.6 Å². The van der Waals surface area contributed by atoms with Crippen LogP contribution >= 0.6 is 11.3 Å². The standard InChI is InChI=1S/C16H19N3O4S/c1-10-3-4-12(7-14(10)19(22)23)11(2)18-16(21)17-8-15(20)13-5-6-24-9-13/h3-7,9,11,15,20H,8H2,1-2H3,(H2,17,18,21)/t11-,15+/m0/s1. The van der Waals surface area contributed by atoms with Crippen LogP contribution in [0.5, 0.6) is 0 Å². The molecule has 1 heterocycles. The first kappa shape index (κ1) is 17.9. The molecule has 2 amide bonds. The van der Waals surface area contributed by atoms with Crippen molar-refractivity contribution in [2.24, 2.45) is 0 Å². The van der Waals surface area contributed by atoms with Crippen LogP contribution in [-0.2, 0) is 0 Å². The first-order chi connectivity index (χ1) is 11.4. The monoisotopic (exact) mass is 349 g/mol. The Morgan fingerprint density at radius 3 is 2.75 bits per heavy atom. The molecule has 0 saturated carbocycles. The lowest BCUT2D eigenvalue weighted by Crippen LogP contribution is -2.39. The second-order valence-electron chi connectivity index (χ2n) is 5.45. The van der Waals surface area contributed by atoms with Gasteiger partial charge in [0.15, 0.2) is 0 Å². The topological polar surface area (TPSA) is 104 Å². The van der Waals surface area contributed by atoms with Gasteiger partial charge in [-0.25, -0.2) is 4.79 Å². The van der Waals surface area contributed by atoms with E-state index in [-0.39, 0.29) is 12.2 Å². The maximum absolute atomic E-state index is 11.9. The van der Waals surface area contributed by atoms with Crippen LogP contribution in [0.25, 0.3) is 0 Å². The summed E-state index contributed by atoms with van der Waals surface area (Å²) in [5, 5.41) is 29.9. The highest BCUT2D eigenvalue weighted by Crippen LogP contribution is 2.23. The number of amides is 2. The Kier molecular flexibility index (Phi) is 5.88. The highest BCUT2D eigenvalue weighted by atomic mass is 32.1. The lowest BCUT2D eigenvalue weighted by atomic mass is 10.0. The largest absolute Gasteiger partial charge is 0.387 e. The van der Waals surface area contributed by atoms with Crippen LogP contribution in [0.3, 0.4) is 0 Å². The maximum atomic E-state index is 11.9. The molecule has 0 saturated heterocycles. The van der Waals surface area contributed by atoms with Gasteiger partial charge in [0.2, 0.25) is 0 Å². The van der Waals surface area contributed by atoms with E-state index in [4.69, 9.17) is 0 Å². The van der Waals surface area contributed by atoms with Gasteiger partial charge in [0.1, 0.15) is 0 Å². The Bertz CT molecular complexity index is 718. The summed E-state index contributed by atoms with van der Waals surface area (Å²) in [6.45, 7) is 3.49. The van der Waals surface area contributed by atoms with Crippen molar-refractivity contribution < 1.29 is 14.8 Å². The van der Waals surface area contributed by atoms with Gasteiger partial charge in [-0.3, -0.25) is 10.1 Å². The zero-order valence-corrected chi connectivity index (χ0v) is 14.2. The van der Waals surface area contributed by atoms with Crippen molar-refractivity contribution in [1.29, 1.82) is 0 Å². The van der Waals surface area contributed by atoms with E-state index in [9.17, 15) is 20.0 Å². The van der Waals surface area contributed by atoms with Gasteiger partial charge in [-0.15, -0.1) is 0 Å². The quantitative estimate of drug-likeness (QED) is 0.550. The molecule has 7 nitrogen and oxygen atoms in total. The number of thiophene rings is 1. The zero-order chi connectivity index (χ0) is 17.7. The number of benzene rings is 1. The molecular weight excluding hydrogens is 330 g/mol. The van der Waals surface area contributed by atoms with E-state index in [1.807, 2.05) is 10.8 Å². The highest BCUT2D eigenvalue weighted by Gasteiger charge is 2.16. The minimum atomic E-state index is -0.766. The number of nitrogens with one attached hydrogen (secondary N) is 2. The molecule has 0 aliphatic heterocycles. The molecule has 0 aliphatic carbocycles. The van der Waals surface area contributed by atoms with Gasteiger partial charge in [-0.05, 0) is 41.8 Å². The zero-order valence-electron chi connectivity index (χ0n) is 13.4. The molecule has 0 unspecified atom stereocenters. The van der Waals surface area contributed by atoms with Crippen LogP contribution < -0.4 is 10.6 Å². The van der Waals surface area contributed by atoms with Gasteiger partial charge >= 0.3 is 6.03 Å². The average Bonchev–Trinajstić information content (AvgIpc) is 3.07. The van der Waals surface area contributed by atoms with Crippen LogP contribution in [0.4, 0.5) is 10.5 Å². The molecule has 2 aromatic rings. The van der Waals surface area contributed by atoms with Crippen molar-refractivity contribution in [3.8, 4) is 0 Å². The smallest absolute Gasteiger partial charge is 0.315 e. The van der Waals surface area contributed by atoms with E-state index in [0.717, 1.165) is 5.56 Å². The van der Waals surface area contributed by atoms with E-state index in [2.05, 4.69) is 10.6 Å². The van der Waals surface area contributed by atoms with Crippen LogP contribution in [0.2, 0.25) is 0 Å². The molecule has 0 spiro atoms. The summed E-state index contributed by atoms with van der Waals surface area (Å²) in [5.41, 5.74) is 1.98. The van der Waals surface area contributed by atoms with Gasteiger partial charge in [0.05, 0.1) is 17.1 Å². The van der Waals surface area contributed by atoms with Crippen molar-refractivity contribution in [3.63, 3.8) is 0 Å². The second-order valence-corrected chi connectivity index (χ2v) is 6.23. The van der Waals surface area contributed by atoms with E-state index >= 15 is 0 Å². The predicted molar refractivity (Wildman–Crippen MR) is 92.1 cm³/mol. The van der Waals surface area contributed by atoms with Crippen molar-refractivity contribution in [2.75, 3.05) is 6.54 Å². The van der Waals surface area contributed by atoms with Gasteiger partial charge in [0, 0.05) is 18.2 Å². The number of urea groups is 1. The van der Waals surface area contributed by atoms with E-state index < -0.39 is 23.1 Å². The van der Waals surface area contributed by atoms with Gasteiger partial charge in [-0.1, -0.05) is 12.1 Å². The summed E-state index contributed by atoms with van der Waals surface area (Å²) in [4.78, 5) is 22.5. The molecule has 2 atom stereocenters. The molecule has 0 aliphatic rings. The minimum Gasteiger partial charge on any atom is -0.387 e. The third kappa shape index (κ3) is 4.53. The number of nitro benzene ring substituents is 1. The number of carbonyl (C=O) groups is 1. The summed E-state index contributed by atoms with van der Waals surface area (Å²) in [6, 6.07) is 5.81. The minimum absolute atomic E-state index is 0.0226. The molecule has 3 N–H and O–H groups in total. The fourth-order valence-electron chi connectivity index (χ4n) is 2.20. The van der Waals surface area contributed by atoms with Gasteiger partial charge in [-0.2, -0.15) is 11.3 Å². The number of rotatable bonds is 6. The number of carbonyl (C=O) groups excluding carboxylic acids is 1. The molecule has 24 heavy (non-hydrogen) atoms. The summed E-state index contributed by atoms with van der Waals surface area (Å²) in [6.07, 6.45) is -0.766. The Morgan fingerprint density at radius 1 is 1.38 bits per heavy atom. The Balaban J connectivity index is 1.92. The number of hydrogen-bond donors (Lipinski definition) is 3. The normalized spacial score (nSPS) is 13.1. The molecule has 8 heteroatoms. The van der Waals surface area contributed by atoms with Crippen molar-refractivity contribution >= 4 is 23.1 Å². The van der Waals surface area contributed by atoms with Crippen molar-refractivity contribution in [2.45, 2.75) is 26.0 Å². The van der Waals surface area contributed by atoms with Crippen molar-refractivity contribution in [3.05, 3.63) is 61.8 Å². The Morgan fingerprint density at radius 2 is 2.12 bits per heavy atom. The Labute approximate surface area is 143 Å². The lowest BCUT2D eigenvalue weighted by Gasteiger charge is -2.16. The van der Waals surface area contributed by atoms with Gasteiger partial charge < -0.3 is 15.7 Å². The number of aliphatic hydroxyl groups excluding tert-OH is 1. The molecular formula is C16H19N3O4S. The molecule has 0 bridgehead atoms. The Hall–Kier alpha value is -2.45. The second kappa shape index (κ2) is 7.89. The van der Waals surface area contributed by atoms with Crippen LogP contribution in [0.1, 0.15) is 35.8 Å². The number of aryl methyl sites for hydroxylation is 1. The maximum Gasteiger partial charge on any atom is 0.315 e. The summed E-state index contributed by atoms with van der Waals surface area (Å²) in [7, 11) is 0. The summed E-state index contributed by atoms with van der Waals surface area (Å²) >= 11 is 1.47. The predicted octanol–water partition coefficient (Wildman–Crippen LogP) is 3.06. The number of nitrogens with zero attached hydrogens (tertiary/aromatic N) is 1. The first-order valence-electron chi connectivity index (χ1n) is 7.38. The molecule has 2 rings (SSSR count). The van der Waals surface area contributed by atoms with Crippen LogP contribution in [0.15, 0.2) is 35.0 Å². The molecule has 128 valence electrons. The number of aliphatic hydroxyl groups is 1. The number of hydrogen-bond acceptors (Lipinski definition) is 5. The third-order valence-corrected chi connectivity index (χ3v) is 4.36. The summed E-state index contributed by atoms with van der Waals surface area (Å²) in [5.74, 6) is 0. The van der Waals surface area contributed by atoms with E-state index in [1.165, 1.54) is 17.4 Å². The fourth-order valence-corrected chi connectivity index (χ4v) is 2.90. The molecule has 0 fully saturated rings. The van der Waals surface area contributed by atoms with E-state index in [1.54, 1.807) is 32.0 Å². The molecule has 0 radical (unpaired) electrons. The first-order valence-corrected chi connectivity index (χ1v) is 8.32. The van der Waals surface area contributed by atoms with Gasteiger partial charge in [0.25, 0.3) is 5.69 Å². The molecule has 1 aromatic carbocycles. The van der Waals surface area contributed by atoms with Crippen molar-refractivity contribution in [1.82, 2.24) is 10.6 Å².